The number of fused-ring (bicyclic) bond motifs is 2. The molecule has 1 aliphatic rings. The monoisotopic (exact) mass is 641 g/mol. The normalized spacial score (nSPS) is 12.4. The van der Waals surface area contributed by atoms with E-state index in [1.54, 1.807) is 19.4 Å². The summed E-state index contributed by atoms with van der Waals surface area (Å²) in [6.45, 7) is 2.57. The standard InChI is InChI=1S/C28H25Br2N3O5/c1-3-4-5-26-32-22-8-7-19(29)12-21(22)28(34)33(26)31-14-18-11-20(30)13-25(35-2)27(18)36-15-17-6-9-23-24(10-17)38-16-37-23/h6-14H,3-5,15-16H2,1-2H3. The molecule has 0 amide bonds. The maximum absolute atomic E-state index is 13.5. The summed E-state index contributed by atoms with van der Waals surface area (Å²) in [5.74, 6) is 3.03. The average molecular weight is 643 g/mol. The van der Waals surface area contributed by atoms with Gasteiger partial charge >= 0.3 is 0 Å². The number of hydrogen-bond acceptors (Lipinski definition) is 7. The zero-order valence-electron chi connectivity index (χ0n) is 20.9. The number of rotatable bonds is 9. The van der Waals surface area contributed by atoms with Gasteiger partial charge in [0, 0.05) is 20.9 Å². The van der Waals surface area contributed by atoms with Gasteiger partial charge in [-0.2, -0.15) is 9.78 Å². The van der Waals surface area contributed by atoms with E-state index in [4.69, 9.17) is 23.9 Å². The first-order valence-corrected chi connectivity index (χ1v) is 13.7. The van der Waals surface area contributed by atoms with Gasteiger partial charge < -0.3 is 18.9 Å². The van der Waals surface area contributed by atoms with E-state index in [0.717, 1.165) is 27.4 Å². The summed E-state index contributed by atoms with van der Waals surface area (Å²) in [6.07, 6.45) is 4.09. The Bertz CT molecular complexity index is 1590. The summed E-state index contributed by atoms with van der Waals surface area (Å²) in [5.41, 5.74) is 1.96. The zero-order valence-corrected chi connectivity index (χ0v) is 24.0. The molecule has 4 aromatic rings. The van der Waals surface area contributed by atoms with E-state index < -0.39 is 0 Å². The van der Waals surface area contributed by atoms with Gasteiger partial charge in [0.25, 0.3) is 5.56 Å². The number of methoxy groups -OCH3 is 1. The largest absolute Gasteiger partial charge is 0.493 e. The van der Waals surface area contributed by atoms with Crippen molar-refractivity contribution in [2.24, 2.45) is 5.10 Å². The van der Waals surface area contributed by atoms with Crippen LogP contribution in [0.3, 0.4) is 0 Å². The molecule has 0 bridgehead atoms. The first-order chi connectivity index (χ1) is 18.5. The maximum Gasteiger partial charge on any atom is 0.282 e. The molecule has 2 heterocycles. The van der Waals surface area contributed by atoms with Crippen molar-refractivity contribution in [2.75, 3.05) is 13.9 Å². The summed E-state index contributed by atoms with van der Waals surface area (Å²) >= 11 is 6.98. The van der Waals surface area contributed by atoms with Crippen molar-refractivity contribution in [1.82, 2.24) is 9.66 Å². The second-order valence-electron chi connectivity index (χ2n) is 8.66. The quantitative estimate of drug-likeness (QED) is 0.195. The molecule has 0 saturated carbocycles. The molecule has 0 spiro atoms. The van der Waals surface area contributed by atoms with Gasteiger partial charge in [-0.15, -0.1) is 0 Å². The van der Waals surface area contributed by atoms with Gasteiger partial charge in [-0.3, -0.25) is 4.79 Å². The highest BCUT2D eigenvalue weighted by atomic mass is 79.9. The number of aryl methyl sites for hydroxylation is 1. The minimum absolute atomic E-state index is 0.209. The Morgan fingerprint density at radius 2 is 1.92 bits per heavy atom. The molecule has 0 fully saturated rings. The van der Waals surface area contributed by atoms with Crippen molar-refractivity contribution in [3.8, 4) is 23.0 Å². The molecule has 3 aromatic carbocycles. The van der Waals surface area contributed by atoms with E-state index in [2.05, 4.69) is 43.9 Å². The number of unbranched alkanes of at least 4 members (excludes halogenated alkanes) is 1. The second-order valence-corrected chi connectivity index (χ2v) is 10.5. The van der Waals surface area contributed by atoms with Crippen molar-refractivity contribution in [3.63, 3.8) is 0 Å². The molecule has 0 saturated heterocycles. The third kappa shape index (κ3) is 5.56. The second kappa shape index (κ2) is 11.6. The van der Waals surface area contributed by atoms with Gasteiger partial charge in [0.1, 0.15) is 12.4 Å². The molecule has 38 heavy (non-hydrogen) atoms. The summed E-state index contributed by atoms with van der Waals surface area (Å²) < 4.78 is 25.7. The van der Waals surface area contributed by atoms with E-state index >= 15 is 0 Å². The van der Waals surface area contributed by atoms with Crippen molar-refractivity contribution < 1.29 is 18.9 Å². The fourth-order valence-electron chi connectivity index (χ4n) is 4.11. The van der Waals surface area contributed by atoms with E-state index in [1.165, 1.54) is 4.68 Å². The lowest BCUT2D eigenvalue weighted by atomic mass is 10.2. The molecule has 5 rings (SSSR count). The van der Waals surface area contributed by atoms with Gasteiger partial charge in [-0.1, -0.05) is 51.3 Å². The summed E-state index contributed by atoms with van der Waals surface area (Å²) in [4.78, 5) is 18.2. The summed E-state index contributed by atoms with van der Waals surface area (Å²) in [7, 11) is 1.58. The smallest absolute Gasteiger partial charge is 0.282 e. The predicted molar refractivity (Wildman–Crippen MR) is 153 cm³/mol. The highest BCUT2D eigenvalue weighted by molar-refractivity contribution is 9.10. The van der Waals surface area contributed by atoms with Crippen LogP contribution in [0.25, 0.3) is 10.9 Å². The average Bonchev–Trinajstić information content (AvgIpc) is 3.39. The third-order valence-corrected chi connectivity index (χ3v) is 6.98. The predicted octanol–water partition coefficient (Wildman–Crippen LogP) is 6.46. The van der Waals surface area contributed by atoms with Gasteiger partial charge in [-0.05, 0) is 54.4 Å². The van der Waals surface area contributed by atoms with Crippen LogP contribution in [0, 0.1) is 0 Å². The fourth-order valence-corrected chi connectivity index (χ4v) is 4.92. The minimum Gasteiger partial charge on any atom is -0.493 e. The molecule has 0 radical (unpaired) electrons. The topological polar surface area (TPSA) is 84.2 Å². The molecular weight excluding hydrogens is 618 g/mol. The van der Waals surface area contributed by atoms with Gasteiger partial charge in [0.15, 0.2) is 23.0 Å². The van der Waals surface area contributed by atoms with Crippen LogP contribution in [0.1, 0.15) is 36.7 Å². The zero-order chi connectivity index (χ0) is 26.6. The number of aromatic nitrogens is 2. The Kier molecular flexibility index (Phi) is 7.99. The highest BCUT2D eigenvalue weighted by Gasteiger charge is 2.17. The molecule has 1 aliphatic heterocycles. The molecule has 0 unspecified atom stereocenters. The van der Waals surface area contributed by atoms with Crippen molar-refractivity contribution in [3.05, 3.63) is 84.8 Å². The highest BCUT2D eigenvalue weighted by Crippen LogP contribution is 2.36. The SMILES string of the molecule is CCCCc1nc2ccc(Br)cc2c(=O)n1N=Cc1cc(Br)cc(OC)c1OCc1ccc2c(c1)OCO2. The molecule has 196 valence electrons. The van der Waals surface area contributed by atoms with Crippen LogP contribution in [0.4, 0.5) is 0 Å². The van der Waals surface area contributed by atoms with Crippen molar-refractivity contribution in [1.29, 1.82) is 0 Å². The maximum atomic E-state index is 13.5. The number of hydrogen-bond donors (Lipinski definition) is 0. The van der Waals surface area contributed by atoms with Crippen LogP contribution in [-0.2, 0) is 13.0 Å². The summed E-state index contributed by atoms with van der Waals surface area (Å²) in [5, 5.41) is 5.09. The molecule has 8 nitrogen and oxygen atoms in total. The number of benzene rings is 3. The molecule has 1 aromatic heterocycles. The lowest BCUT2D eigenvalue weighted by Gasteiger charge is -2.15. The Balaban J connectivity index is 1.53. The number of nitrogens with zero attached hydrogens (tertiary/aromatic N) is 3. The van der Waals surface area contributed by atoms with Crippen LogP contribution in [-0.4, -0.2) is 29.8 Å². The Labute approximate surface area is 236 Å². The Morgan fingerprint density at radius 1 is 1.08 bits per heavy atom. The van der Waals surface area contributed by atoms with Crippen LogP contribution >= 0.6 is 31.9 Å². The fraction of sp³-hybridized carbons (Fsp3) is 0.250. The van der Waals surface area contributed by atoms with Crippen LogP contribution in [0.2, 0.25) is 0 Å². The minimum atomic E-state index is -0.233. The van der Waals surface area contributed by atoms with Gasteiger partial charge in [0.05, 0.1) is 24.2 Å². The van der Waals surface area contributed by atoms with Crippen molar-refractivity contribution >= 4 is 49.0 Å². The van der Waals surface area contributed by atoms with Gasteiger partial charge in [0.2, 0.25) is 6.79 Å². The first kappa shape index (κ1) is 26.2. The molecule has 0 N–H and O–H groups in total. The van der Waals surface area contributed by atoms with Crippen LogP contribution < -0.4 is 24.5 Å². The van der Waals surface area contributed by atoms with E-state index in [0.29, 0.717) is 51.7 Å². The molecule has 10 heteroatoms. The lowest BCUT2D eigenvalue weighted by molar-refractivity contribution is 0.174. The third-order valence-electron chi connectivity index (χ3n) is 6.03. The van der Waals surface area contributed by atoms with Gasteiger partial charge in [-0.25, -0.2) is 4.98 Å². The molecule has 0 atom stereocenters. The van der Waals surface area contributed by atoms with E-state index in [1.807, 2.05) is 42.5 Å². The Morgan fingerprint density at radius 3 is 2.74 bits per heavy atom. The van der Waals surface area contributed by atoms with E-state index in [-0.39, 0.29) is 19.0 Å². The van der Waals surface area contributed by atoms with Crippen LogP contribution in [0.15, 0.2) is 67.4 Å². The molecular formula is C28H25Br2N3O5. The number of halogens is 2. The van der Waals surface area contributed by atoms with Crippen molar-refractivity contribution in [2.45, 2.75) is 32.8 Å². The summed E-state index contributed by atoms with van der Waals surface area (Å²) in [6, 6.07) is 14.8. The van der Waals surface area contributed by atoms with E-state index in [9.17, 15) is 4.79 Å². The van der Waals surface area contributed by atoms with Crippen LogP contribution in [0.5, 0.6) is 23.0 Å². The first-order valence-electron chi connectivity index (χ1n) is 12.1. The molecule has 0 aliphatic carbocycles. The number of ether oxygens (including phenoxy) is 4. The Hall–Kier alpha value is -3.37. The lowest BCUT2D eigenvalue weighted by Crippen LogP contribution is -2.22.